The molecule has 1 nitrogen and oxygen atoms in total. The van der Waals surface area contributed by atoms with Crippen molar-refractivity contribution >= 4 is 11.9 Å². The minimum atomic E-state index is 0. The molecule has 0 aliphatic heterocycles. The van der Waals surface area contributed by atoms with E-state index in [9.17, 15) is 0 Å². The van der Waals surface area contributed by atoms with Crippen LogP contribution in [0.3, 0.4) is 0 Å². The van der Waals surface area contributed by atoms with E-state index < -0.39 is 0 Å². The quantitative estimate of drug-likeness (QED) is 0.662. The molecule has 3 heteroatoms. The largest absolute Gasteiger partial charge is 2.00 e. The predicted molar refractivity (Wildman–Crippen MR) is 66.4 cm³/mol. The molecule has 0 spiro atoms. The maximum absolute atomic E-state index is 4.50. The third-order valence-corrected chi connectivity index (χ3v) is 1.66. The molecule has 0 saturated heterocycles. The Bertz CT molecular complexity index is 268. The van der Waals surface area contributed by atoms with Gasteiger partial charge in [0.05, 0.1) is 19.0 Å². The van der Waals surface area contributed by atoms with Gasteiger partial charge in [0.15, 0.2) is 0 Å². The van der Waals surface area contributed by atoms with E-state index >= 15 is 0 Å². The zero-order valence-electron chi connectivity index (χ0n) is 9.91. The molecule has 0 unspecified atom stereocenters. The second kappa shape index (κ2) is 12.9. The molecular weight excluding hydrogens is 299 g/mol. The molecular formula is C13H17ClOZr. The third kappa shape index (κ3) is 11.9. The van der Waals surface area contributed by atoms with Crippen LogP contribution in [0.2, 0.25) is 0 Å². The van der Waals surface area contributed by atoms with Gasteiger partial charge in [0.2, 0.25) is 0 Å². The number of rotatable bonds is 0. The monoisotopic (exact) mass is 314 g/mol. The van der Waals surface area contributed by atoms with Crippen molar-refractivity contribution < 1.29 is 30.5 Å². The summed E-state index contributed by atoms with van der Waals surface area (Å²) in [6.07, 6.45) is 0. The Hall–Kier alpha value is -0.167. The average molecular weight is 316 g/mol. The van der Waals surface area contributed by atoms with Crippen LogP contribution in [0.4, 0.5) is 0 Å². The minimum absolute atomic E-state index is 0. The molecule has 2 aromatic rings. The van der Waals surface area contributed by atoms with Crippen LogP contribution in [-0.2, 0) is 30.5 Å². The van der Waals surface area contributed by atoms with Gasteiger partial charge in [-0.3, -0.25) is 4.29 Å². The van der Waals surface area contributed by atoms with Gasteiger partial charge in [-0.1, -0.05) is 13.8 Å². The maximum atomic E-state index is 4.50. The Morgan fingerprint density at radius 3 is 1.06 bits per heavy atom. The number of hydrogen-bond acceptors (Lipinski definition) is 1. The normalized spacial score (nSPS) is 7.75. The Morgan fingerprint density at radius 2 is 1.00 bits per heavy atom. The van der Waals surface area contributed by atoms with Crippen molar-refractivity contribution in [3.05, 3.63) is 59.7 Å². The number of hydrogen-bond donors (Lipinski definition) is 0. The van der Waals surface area contributed by atoms with Gasteiger partial charge < -0.3 is 0 Å². The molecule has 2 rings (SSSR count). The van der Waals surface area contributed by atoms with Gasteiger partial charge in [0, 0.05) is 0 Å². The van der Waals surface area contributed by atoms with Crippen molar-refractivity contribution in [2.75, 3.05) is 7.11 Å². The first kappa shape index (κ1) is 18.2. The Kier molecular flexibility index (Phi) is 14.7. The second-order valence-corrected chi connectivity index (χ2v) is 3.39. The Morgan fingerprint density at radius 1 is 0.812 bits per heavy atom. The van der Waals surface area contributed by atoms with E-state index in [0.29, 0.717) is 0 Å². The van der Waals surface area contributed by atoms with Crippen molar-refractivity contribution in [2.45, 2.75) is 13.8 Å². The van der Waals surface area contributed by atoms with E-state index in [4.69, 9.17) is 0 Å². The summed E-state index contributed by atoms with van der Waals surface area (Å²) in [7, 11) is 1.39. The van der Waals surface area contributed by atoms with E-state index in [2.05, 4.69) is 54.3 Å². The maximum Gasteiger partial charge on any atom is 2.00 e. The van der Waals surface area contributed by atoms with E-state index in [0.717, 1.165) is 0 Å². The summed E-state index contributed by atoms with van der Waals surface area (Å²) in [6, 6.07) is 16.5. The van der Waals surface area contributed by atoms with E-state index in [1.165, 1.54) is 18.2 Å². The van der Waals surface area contributed by atoms with Crippen LogP contribution in [0.25, 0.3) is 0 Å². The molecule has 0 aliphatic carbocycles. The summed E-state index contributed by atoms with van der Waals surface area (Å²) in [4.78, 5) is 0. The van der Waals surface area contributed by atoms with Crippen molar-refractivity contribution in [2.24, 2.45) is 0 Å². The molecule has 0 heterocycles. The van der Waals surface area contributed by atoms with Crippen LogP contribution < -0.4 is 0 Å². The molecule has 2 aromatic carbocycles. The molecule has 0 fully saturated rings. The first-order valence-corrected chi connectivity index (χ1v) is 5.03. The number of aryl methyl sites for hydroxylation is 2. The van der Waals surface area contributed by atoms with E-state index in [1.54, 1.807) is 0 Å². The van der Waals surface area contributed by atoms with Gasteiger partial charge in [-0.25, -0.2) is 24.3 Å². The number of halogens is 1. The van der Waals surface area contributed by atoms with Gasteiger partial charge in [-0.05, 0) is 0 Å². The second-order valence-electron chi connectivity index (χ2n) is 3.08. The summed E-state index contributed by atoms with van der Waals surface area (Å²) in [6.45, 7) is 4.17. The topological polar surface area (TPSA) is 9.23 Å². The minimum Gasteiger partial charge on any atom is -0.283 e. The van der Waals surface area contributed by atoms with Crippen LogP contribution >= 0.6 is 11.9 Å². The SMILES string of the molecule is COCl.C[c-]1cccc1.C[c-]1cccc1.[Zr+2]. The molecule has 0 N–H and O–H groups in total. The van der Waals surface area contributed by atoms with Crippen molar-refractivity contribution in [1.82, 2.24) is 0 Å². The van der Waals surface area contributed by atoms with Crippen LogP contribution in [0.1, 0.15) is 11.1 Å². The smallest absolute Gasteiger partial charge is 0.283 e. The average Bonchev–Trinajstić information content (AvgIpc) is 2.81. The molecule has 0 atom stereocenters. The van der Waals surface area contributed by atoms with Crippen molar-refractivity contribution in [3.63, 3.8) is 0 Å². The fraction of sp³-hybridized carbons (Fsp3) is 0.231. The first-order chi connectivity index (χ1) is 7.20. The molecule has 0 amide bonds. The van der Waals surface area contributed by atoms with Gasteiger partial charge >= 0.3 is 26.2 Å². The summed E-state index contributed by atoms with van der Waals surface area (Å²) in [5.41, 5.74) is 2.69. The Labute approximate surface area is 122 Å². The zero-order valence-corrected chi connectivity index (χ0v) is 13.1. The molecule has 0 saturated carbocycles. The summed E-state index contributed by atoms with van der Waals surface area (Å²) < 4.78 is 3.72. The van der Waals surface area contributed by atoms with Crippen molar-refractivity contribution in [1.29, 1.82) is 0 Å². The molecule has 16 heavy (non-hydrogen) atoms. The fourth-order valence-corrected chi connectivity index (χ4v) is 0.940. The van der Waals surface area contributed by atoms with Gasteiger partial charge in [-0.2, -0.15) is 35.4 Å². The van der Waals surface area contributed by atoms with Gasteiger partial charge in [0.25, 0.3) is 0 Å². The van der Waals surface area contributed by atoms with Gasteiger partial charge in [0.1, 0.15) is 0 Å². The summed E-state index contributed by atoms with van der Waals surface area (Å²) >= 11 is 4.50. The van der Waals surface area contributed by atoms with Gasteiger partial charge in [-0.15, -0.1) is 0 Å². The standard InChI is InChI=1S/2C6H7.CH3ClO.Zr/c2*1-6-4-2-3-5-6;1-3-2;/h2*2-5H,1H3;1H3;/q2*-1;;+2. The summed E-state index contributed by atoms with van der Waals surface area (Å²) in [5, 5.41) is 0. The molecule has 0 bridgehead atoms. The Balaban J connectivity index is 0. The molecule has 0 radical (unpaired) electrons. The molecule has 0 aliphatic rings. The molecule has 86 valence electrons. The van der Waals surface area contributed by atoms with Crippen LogP contribution in [-0.4, -0.2) is 7.11 Å². The van der Waals surface area contributed by atoms with Crippen molar-refractivity contribution in [3.8, 4) is 0 Å². The molecule has 0 aromatic heterocycles. The third-order valence-electron chi connectivity index (χ3n) is 1.66. The predicted octanol–water partition coefficient (Wildman–Crippen LogP) is 4.21. The van der Waals surface area contributed by atoms with E-state index in [1.807, 2.05) is 24.3 Å². The van der Waals surface area contributed by atoms with Crippen LogP contribution in [0.5, 0.6) is 0 Å². The fourth-order valence-electron chi connectivity index (χ4n) is 0.940. The van der Waals surface area contributed by atoms with E-state index in [-0.39, 0.29) is 26.2 Å². The summed E-state index contributed by atoms with van der Waals surface area (Å²) in [5.74, 6) is 0. The zero-order chi connectivity index (χ0) is 11.5. The first-order valence-electron chi connectivity index (χ1n) is 4.72. The van der Waals surface area contributed by atoms with Crippen LogP contribution in [0, 0.1) is 13.8 Å². The van der Waals surface area contributed by atoms with Crippen LogP contribution in [0.15, 0.2) is 48.5 Å².